The van der Waals surface area contributed by atoms with E-state index in [0.29, 0.717) is 18.7 Å². The maximum Gasteiger partial charge on any atom is 0.315 e. The molecule has 0 aliphatic carbocycles. The first kappa shape index (κ1) is 16.9. The summed E-state index contributed by atoms with van der Waals surface area (Å²) in [5, 5.41) is 22.3. The first-order valence-electron chi connectivity index (χ1n) is 6.98. The number of aromatic nitrogens is 3. The zero-order valence-corrected chi connectivity index (χ0v) is 12.9. The number of hydrogen-bond donors (Lipinski definition) is 3. The third-order valence-corrected chi connectivity index (χ3v) is 3.88. The third-order valence-electron chi connectivity index (χ3n) is 3.88. The van der Waals surface area contributed by atoms with Crippen LogP contribution in [0.5, 0.6) is 0 Å². The lowest BCUT2D eigenvalue weighted by Gasteiger charge is -2.27. The highest BCUT2D eigenvalue weighted by Gasteiger charge is 2.35. The van der Waals surface area contributed by atoms with E-state index >= 15 is 0 Å². The highest BCUT2D eigenvalue weighted by Crippen LogP contribution is 2.25. The number of amides is 2. The van der Waals surface area contributed by atoms with Gasteiger partial charge in [0, 0.05) is 13.6 Å². The highest BCUT2D eigenvalue weighted by molar-refractivity contribution is 5.78. The number of carbonyl (C=O) groups excluding carboxylic acids is 1. The molecule has 0 spiro atoms. The van der Waals surface area contributed by atoms with Gasteiger partial charge in [-0.05, 0) is 19.8 Å². The van der Waals surface area contributed by atoms with Crippen molar-refractivity contribution in [2.45, 2.75) is 39.7 Å². The average Bonchev–Trinajstić information content (AvgIpc) is 2.86. The molecule has 0 aliphatic heterocycles. The van der Waals surface area contributed by atoms with Gasteiger partial charge in [-0.25, -0.2) is 4.79 Å². The minimum atomic E-state index is -0.925. The van der Waals surface area contributed by atoms with Crippen molar-refractivity contribution in [1.29, 1.82) is 0 Å². The lowest BCUT2D eigenvalue weighted by Crippen LogP contribution is -2.46. The molecule has 1 aromatic heterocycles. The van der Waals surface area contributed by atoms with Gasteiger partial charge in [0.2, 0.25) is 0 Å². The van der Waals surface area contributed by atoms with Crippen LogP contribution in [0.15, 0.2) is 6.33 Å². The lowest BCUT2D eigenvalue weighted by atomic mass is 9.82. The van der Waals surface area contributed by atoms with Gasteiger partial charge >= 0.3 is 12.0 Å². The normalized spacial score (nSPS) is 12.8. The van der Waals surface area contributed by atoms with Crippen LogP contribution in [0, 0.1) is 5.41 Å². The van der Waals surface area contributed by atoms with Crippen molar-refractivity contribution < 1.29 is 14.7 Å². The van der Waals surface area contributed by atoms with Crippen molar-refractivity contribution in [3.8, 4) is 0 Å². The highest BCUT2D eigenvalue weighted by atomic mass is 16.4. The third kappa shape index (κ3) is 3.93. The summed E-state index contributed by atoms with van der Waals surface area (Å²) < 4.78 is 1.71. The van der Waals surface area contributed by atoms with Gasteiger partial charge in [0.1, 0.15) is 6.33 Å². The van der Waals surface area contributed by atoms with Gasteiger partial charge in [0.15, 0.2) is 5.82 Å². The molecule has 3 N–H and O–H groups in total. The fourth-order valence-electron chi connectivity index (χ4n) is 2.12. The Morgan fingerprint density at radius 1 is 1.43 bits per heavy atom. The van der Waals surface area contributed by atoms with Crippen LogP contribution in [0.1, 0.15) is 45.5 Å². The number of nitrogens with one attached hydrogen (secondary N) is 2. The zero-order chi connectivity index (χ0) is 16.0. The standard InChI is InChI=1S/C13H23N5O3/c1-5-13(6-2,11(19)20)7-14-12(21)16-9(3)10-17-15-8-18(10)4/h8-9H,5-7H2,1-4H3,(H,19,20)(H2,14,16,21). The molecule has 0 radical (unpaired) electrons. The molecule has 0 aromatic carbocycles. The number of urea groups is 1. The summed E-state index contributed by atoms with van der Waals surface area (Å²) in [5.41, 5.74) is -0.925. The Bertz CT molecular complexity index is 496. The first-order chi connectivity index (χ1) is 9.86. The van der Waals surface area contributed by atoms with Crippen LogP contribution in [0.25, 0.3) is 0 Å². The summed E-state index contributed by atoms with van der Waals surface area (Å²) in [6.45, 7) is 5.49. The van der Waals surface area contributed by atoms with E-state index in [9.17, 15) is 14.7 Å². The smallest absolute Gasteiger partial charge is 0.315 e. The van der Waals surface area contributed by atoms with Crippen molar-refractivity contribution in [2.24, 2.45) is 12.5 Å². The van der Waals surface area contributed by atoms with E-state index < -0.39 is 17.4 Å². The Morgan fingerprint density at radius 2 is 2.05 bits per heavy atom. The second-order valence-corrected chi connectivity index (χ2v) is 5.14. The Kier molecular flexibility index (Phi) is 5.69. The number of carbonyl (C=O) groups is 2. The number of aliphatic carboxylic acids is 1. The molecule has 1 atom stereocenters. The van der Waals surface area contributed by atoms with Crippen LogP contribution >= 0.6 is 0 Å². The fraction of sp³-hybridized carbons (Fsp3) is 0.692. The molecule has 1 rings (SSSR count). The van der Waals surface area contributed by atoms with Crippen LogP contribution in [0.3, 0.4) is 0 Å². The predicted molar refractivity (Wildman–Crippen MR) is 76.6 cm³/mol. The Balaban J connectivity index is 2.58. The molecular weight excluding hydrogens is 274 g/mol. The molecule has 21 heavy (non-hydrogen) atoms. The minimum Gasteiger partial charge on any atom is -0.481 e. The van der Waals surface area contributed by atoms with E-state index in [1.165, 1.54) is 0 Å². The molecule has 0 bridgehead atoms. The maximum absolute atomic E-state index is 11.9. The molecule has 0 fully saturated rings. The predicted octanol–water partition coefficient (Wildman–Crippen LogP) is 1.07. The quantitative estimate of drug-likeness (QED) is 0.697. The largest absolute Gasteiger partial charge is 0.481 e. The summed E-state index contributed by atoms with van der Waals surface area (Å²) in [5.74, 6) is -0.269. The number of rotatable bonds is 7. The first-order valence-corrected chi connectivity index (χ1v) is 6.98. The topological polar surface area (TPSA) is 109 Å². The molecule has 0 saturated carbocycles. The molecule has 8 nitrogen and oxygen atoms in total. The lowest BCUT2D eigenvalue weighted by molar-refractivity contribution is -0.149. The molecule has 2 amide bonds. The second-order valence-electron chi connectivity index (χ2n) is 5.14. The van der Waals surface area contributed by atoms with Crippen LogP contribution in [-0.4, -0.2) is 38.4 Å². The van der Waals surface area contributed by atoms with Gasteiger partial charge in [-0.1, -0.05) is 13.8 Å². The number of carboxylic acid groups (broad SMARTS) is 1. The van der Waals surface area contributed by atoms with Crippen molar-refractivity contribution in [3.05, 3.63) is 12.2 Å². The van der Waals surface area contributed by atoms with Crippen molar-refractivity contribution in [1.82, 2.24) is 25.4 Å². The van der Waals surface area contributed by atoms with Gasteiger partial charge in [-0.2, -0.15) is 0 Å². The van der Waals surface area contributed by atoms with E-state index in [0.717, 1.165) is 0 Å². The van der Waals surface area contributed by atoms with E-state index in [1.54, 1.807) is 38.7 Å². The Labute approximate surface area is 123 Å². The molecule has 1 unspecified atom stereocenters. The van der Waals surface area contributed by atoms with Crippen LogP contribution in [0.2, 0.25) is 0 Å². The Hall–Kier alpha value is -2.12. The van der Waals surface area contributed by atoms with Crippen LogP contribution in [-0.2, 0) is 11.8 Å². The van der Waals surface area contributed by atoms with Crippen molar-refractivity contribution in [3.63, 3.8) is 0 Å². The fourth-order valence-corrected chi connectivity index (χ4v) is 2.12. The monoisotopic (exact) mass is 297 g/mol. The Morgan fingerprint density at radius 3 is 2.48 bits per heavy atom. The average molecular weight is 297 g/mol. The number of carboxylic acids is 1. The second kappa shape index (κ2) is 7.05. The SMILES string of the molecule is CCC(CC)(CNC(=O)NC(C)c1nncn1C)C(=O)O. The molecule has 8 heteroatoms. The minimum absolute atomic E-state index is 0.0900. The summed E-state index contributed by atoms with van der Waals surface area (Å²) >= 11 is 0. The molecule has 0 saturated heterocycles. The van der Waals surface area contributed by atoms with Crippen LogP contribution < -0.4 is 10.6 Å². The molecular formula is C13H23N5O3. The molecule has 1 aromatic rings. The van der Waals surface area contributed by atoms with E-state index in [4.69, 9.17) is 0 Å². The summed E-state index contributed by atoms with van der Waals surface area (Å²) in [6, 6.07) is -0.738. The van der Waals surface area contributed by atoms with Gasteiger partial charge < -0.3 is 20.3 Å². The van der Waals surface area contributed by atoms with Gasteiger partial charge in [0.05, 0.1) is 11.5 Å². The molecule has 0 aliphatic rings. The van der Waals surface area contributed by atoms with Crippen LogP contribution in [0.4, 0.5) is 4.79 Å². The van der Waals surface area contributed by atoms with E-state index in [2.05, 4.69) is 20.8 Å². The van der Waals surface area contributed by atoms with Crippen molar-refractivity contribution >= 4 is 12.0 Å². The molecule has 118 valence electrons. The van der Waals surface area contributed by atoms with Gasteiger partial charge in [0.25, 0.3) is 0 Å². The van der Waals surface area contributed by atoms with Gasteiger partial charge in [-0.3, -0.25) is 4.79 Å². The van der Waals surface area contributed by atoms with Crippen molar-refractivity contribution in [2.75, 3.05) is 6.54 Å². The number of aryl methyl sites for hydroxylation is 1. The van der Waals surface area contributed by atoms with Gasteiger partial charge in [-0.15, -0.1) is 10.2 Å². The van der Waals surface area contributed by atoms with E-state index in [-0.39, 0.29) is 12.6 Å². The van der Waals surface area contributed by atoms with E-state index in [1.807, 2.05) is 0 Å². The number of nitrogens with zero attached hydrogens (tertiary/aromatic N) is 3. The number of hydrogen-bond acceptors (Lipinski definition) is 4. The summed E-state index contributed by atoms with van der Waals surface area (Å²) in [4.78, 5) is 23.2. The molecule has 1 heterocycles. The summed E-state index contributed by atoms with van der Waals surface area (Å²) in [6.07, 6.45) is 2.46. The zero-order valence-electron chi connectivity index (χ0n) is 12.9. The summed E-state index contributed by atoms with van der Waals surface area (Å²) in [7, 11) is 1.79. The maximum atomic E-state index is 11.9.